The molecule has 73 valence electrons. The minimum atomic E-state index is 0.169. The molecule has 2 rings (SSSR count). The maximum atomic E-state index is 11.9. The first-order valence-electron chi connectivity index (χ1n) is 5.10. The summed E-state index contributed by atoms with van der Waals surface area (Å²) in [7, 11) is 2.06. The van der Waals surface area contributed by atoms with E-state index in [0.29, 0.717) is 5.91 Å². The standard InChI is InChI=1S/C10H17N2O/c1-11-6-3-2-5-9(11)10(13)12-7-4-8-12/h4,9H,2-3,5-8H2,1H3. The Bertz CT molecular complexity index is 201. The molecule has 2 fully saturated rings. The lowest BCUT2D eigenvalue weighted by molar-refractivity contribution is -0.139. The molecule has 0 aromatic heterocycles. The molecular formula is C10H17N2O. The third kappa shape index (κ3) is 1.70. The van der Waals surface area contributed by atoms with Crippen molar-refractivity contribution in [1.29, 1.82) is 0 Å². The SMILES string of the molecule is CN1CCCCC1C(=O)N1C[CH]C1. The van der Waals surface area contributed by atoms with Gasteiger partial charge in [0.15, 0.2) is 0 Å². The van der Waals surface area contributed by atoms with Crippen LogP contribution in [-0.4, -0.2) is 48.4 Å². The van der Waals surface area contributed by atoms with Gasteiger partial charge < -0.3 is 4.90 Å². The number of piperidine rings is 1. The van der Waals surface area contributed by atoms with Crippen LogP contribution in [0.2, 0.25) is 0 Å². The molecule has 3 heteroatoms. The smallest absolute Gasteiger partial charge is 0.239 e. The van der Waals surface area contributed by atoms with Gasteiger partial charge in [-0.15, -0.1) is 0 Å². The highest BCUT2D eigenvalue weighted by atomic mass is 16.2. The summed E-state index contributed by atoms with van der Waals surface area (Å²) >= 11 is 0. The van der Waals surface area contributed by atoms with E-state index in [2.05, 4.69) is 18.4 Å². The summed E-state index contributed by atoms with van der Waals surface area (Å²) in [6.07, 6.45) is 5.64. The highest BCUT2D eigenvalue weighted by Gasteiger charge is 2.31. The molecule has 0 saturated carbocycles. The fourth-order valence-electron chi connectivity index (χ4n) is 2.04. The molecule has 0 aliphatic carbocycles. The molecule has 1 radical (unpaired) electrons. The van der Waals surface area contributed by atoms with Crippen molar-refractivity contribution in [3.63, 3.8) is 0 Å². The molecule has 13 heavy (non-hydrogen) atoms. The van der Waals surface area contributed by atoms with Gasteiger partial charge in [-0.25, -0.2) is 0 Å². The summed E-state index contributed by atoms with van der Waals surface area (Å²) in [5, 5.41) is 0. The van der Waals surface area contributed by atoms with Gasteiger partial charge in [-0.05, 0) is 26.4 Å². The molecule has 1 atom stereocenters. The van der Waals surface area contributed by atoms with Crippen molar-refractivity contribution in [2.45, 2.75) is 25.3 Å². The largest absolute Gasteiger partial charge is 0.341 e. The van der Waals surface area contributed by atoms with Gasteiger partial charge in [-0.2, -0.15) is 0 Å². The molecule has 1 unspecified atom stereocenters. The third-order valence-electron chi connectivity index (χ3n) is 3.07. The predicted molar refractivity (Wildman–Crippen MR) is 51.1 cm³/mol. The van der Waals surface area contributed by atoms with Crippen LogP contribution < -0.4 is 0 Å². The number of carbonyl (C=O) groups is 1. The van der Waals surface area contributed by atoms with Crippen molar-refractivity contribution in [2.75, 3.05) is 26.7 Å². The first-order chi connectivity index (χ1) is 6.29. The zero-order valence-corrected chi connectivity index (χ0v) is 8.20. The second kappa shape index (κ2) is 3.66. The van der Waals surface area contributed by atoms with E-state index < -0.39 is 0 Å². The van der Waals surface area contributed by atoms with Crippen LogP contribution >= 0.6 is 0 Å². The van der Waals surface area contributed by atoms with Gasteiger partial charge >= 0.3 is 0 Å². The average Bonchev–Trinajstić information content (AvgIpc) is 2.01. The van der Waals surface area contributed by atoms with E-state index in [0.717, 1.165) is 26.1 Å². The van der Waals surface area contributed by atoms with E-state index in [-0.39, 0.29) is 6.04 Å². The van der Waals surface area contributed by atoms with Gasteiger partial charge in [0.05, 0.1) is 6.04 Å². The van der Waals surface area contributed by atoms with Crippen LogP contribution in [0.25, 0.3) is 0 Å². The number of hydrogen-bond acceptors (Lipinski definition) is 2. The summed E-state index contributed by atoms with van der Waals surface area (Å²) in [6, 6.07) is 0.169. The Morgan fingerprint density at radius 2 is 2.15 bits per heavy atom. The van der Waals surface area contributed by atoms with E-state index in [1.165, 1.54) is 12.8 Å². The van der Waals surface area contributed by atoms with Crippen molar-refractivity contribution in [3.8, 4) is 0 Å². The fourth-order valence-corrected chi connectivity index (χ4v) is 2.04. The minimum Gasteiger partial charge on any atom is -0.341 e. The van der Waals surface area contributed by atoms with Gasteiger partial charge in [-0.3, -0.25) is 9.69 Å². The zero-order valence-electron chi connectivity index (χ0n) is 8.20. The number of amides is 1. The Kier molecular flexibility index (Phi) is 2.54. The number of likely N-dealkylation sites (tertiary alicyclic amines) is 2. The van der Waals surface area contributed by atoms with Gasteiger partial charge in [-0.1, -0.05) is 6.42 Å². The predicted octanol–water partition coefficient (Wildman–Crippen LogP) is 0.517. The molecule has 2 saturated heterocycles. The lowest BCUT2D eigenvalue weighted by Crippen LogP contribution is -2.53. The second-order valence-electron chi connectivity index (χ2n) is 4.02. The van der Waals surface area contributed by atoms with Crippen molar-refractivity contribution in [2.24, 2.45) is 0 Å². The Balaban J connectivity index is 1.93. The normalized spacial score (nSPS) is 29.9. The number of hydrogen-bond donors (Lipinski definition) is 0. The van der Waals surface area contributed by atoms with E-state index in [1.807, 2.05) is 4.90 Å². The number of nitrogens with zero attached hydrogens (tertiary/aromatic N) is 2. The molecule has 0 bridgehead atoms. The van der Waals surface area contributed by atoms with Gasteiger partial charge in [0, 0.05) is 19.5 Å². The second-order valence-corrected chi connectivity index (χ2v) is 4.02. The van der Waals surface area contributed by atoms with Crippen molar-refractivity contribution in [3.05, 3.63) is 6.42 Å². The minimum absolute atomic E-state index is 0.169. The summed E-state index contributed by atoms with van der Waals surface area (Å²) in [4.78, 5) is 16.0. The van der Waals surface area contributed by atoms with E-state index >= 15 is 0 Å². The van der Waals surface area contributed by atoms with Crippen LogP contribution in [0, 0.1) is 6.42 Å². The van der Waals surface area contributed by atoms with Crippen LogP contribution in [-0.2, 0) is 4.79 Å². The summed E-state index contributed by atoms with van der Waals surface area (Å²) in [6.45, 7) is 2.81. The number of rotatable bonds is 1. The van der Waals surface area contributed by atoms with Gasteiger partial charge in [0.1, 0.15) is 0 Å². The molecule has 0 aromatic carbocycles. The van der Waals surface area contributed by atoms with E-state index in [1.54, 1.807) is 0 Å². The Morgan fingerprint density at radius 1 is 1.38 bits per heavy atom. The summed E-state index contributed by atoms with van der Waals surface area (Å²) < 4.78 is 0. The van der Waals surface area contributed by atoms with Crippen LogP contribution in [0.3, 0.4) is 0 Å². The lowest BCUT2D eigenvalue weighted by atomic mass is 10.0. The molecular weight excluding hydrogens is 164 g/mol. The molecule has 1 amide bonds. The molecule has 2 heterocycles. The Hall–Kier alpha value is -0.570. The topological polar surface area (TPSA) is 23.6 Å². The first kappa shape index (κ1) is 9.00. The Morgan fingerprint density at radius 3 is 2.69 bits per heavy atom. The van der Waals surface area contributed by atoms with Crippen LogP contribution in [0.15, 0.2) is 0 Å². The quantitative estimate of drug-likeness (QED) is 0.588. The van der Waals surface area contributed by atoms with Crippen molar-refractivity contribution in [1.82, 2.24) is 9.80 Å². The van der Waals surface area contributed by atoms with E-state index in [4.69, 9.17) is 0 Å². The summed E-state index contributed by atoms with van der Waals surface area (Å²) in [5.74, 6) is 0.338. The molecule has 0 N–H and O–H groups in total. The molecule has 2 aliphatic rings. The van der Waals surface area contributed by atoms with E-state index in [9.17, 15) is 4.79 Å². The lowest BCUT2D eigenvalue weighted by Gasteiger charge is -2.38. The van der Waals surface area contributed by atoms with Crippen molar-refractivity contribution < 1.29 is 4.79 Å². The van der Waals surface area contributed by atoms with Crippen LogP contribution in [0.1, 0.15) is 19.3 Å². The van der Waals surface area contributed by atoms with Gasteiger partial charge in [0.2, 0.25) is 5.91 Å². The average molecular weight is 181 g/mol. The highest BCUT2D eigenvalue weighted by Crippen LogP contribution is 2.19. The maximum Gasteiger partial charge on any atom is 0.239 e. The van der Waals surface area contributed by atoms with Gasteiger partial charge in [0.25, 0.3) is 0 Å². The molecule has 0 aromatic rings. The highest BCUT2D eigenvalue weighted by molar-refractivity contribution is 5.83. The Labute approximate surface area is 79.7 Å². The number of likely N-dealkylation sites (N-methyl/N-ethyl adjacent to an activating group) is 1. The molecule has 3 nitrogen and oxygen atoms in total. The number of carbonyl (C=O) groups excluding carboxylic acids is 1. The van der Waals surface area contributed by atoms with Crippen molar-refractivity contribution >= 4 is 5.91 Å². The zero-order chi connectivity index (χ0) is 9.26. The maximum absolute atomic E-state index is 11.9. The third-order valence-corrected chi connectivity index (χ3v) is 3.07. The molecule has 0 spiro atoms. The fraction of sp³-hybridized carbons (Fsp3) is 0.800. The van der Waals surface area contributed by atoms with Crippen LogP contribution in [0.5, 0.6) is 0 Å². The molecule has 2 aliphatic heterocycles. The van der Waals surface area contributed by atoms with Crippen LogP contribution in [0.4, 0.5) is 0 Å². The first-order valence-corrected chi connectivity index (χ1v) is 5.10. The monoisotopic (exact) mass is 181 g/mol. The summed E-state index contributed by atoms with van der Waals surface area (Å²) in [5.41, 5.74) is 0.